The van der Waals surface area contributed by atoms with Gasteiger partial charge in [0.15, 0.2) is 0 Å². The summed E-state index contributed by atoms with van der Waals surface area (Å²) in [6.07, 6.45) is 5.96. The largest absolute Gasteiger partial charge is 0.469 e. The molecule has 0 aromatic heterocycles. The standard InChI is InChI=1S/C11H19NO2/c1-14-11(13)9-6-7-12-10-5-3-2-4-8(9)10/h8-10,12H,2-7H2,1H3/t8-,9+,10-/m1/s1. The van der Waals surface area contributed by atoms with Gasteiger partial charge < -0.3 is 10.1 Å². The lowest BCUT2D eigenvalue weighted by Gasteiger charge is -2.40. The zero-order valence-electron chi connectivity index (χ0n) is 8.79. The number of carbonyl (C=O) groups is 1. The van der Waals surface area contributed by atoms with Gasteiger partial charge >= 0.3 is 5.97 Å². The zero-order valence-corrected chi connectivity index (χ0v) is 8.79. The number of piperidine rings is 1. The maximum absolute atomic E-state index is 11.6. The summed E-state index contributed by atoms with van der Waals surface area (Å²) in [4.78, 5) is 11.6. The minimum atomic E-state index is 0.00315. The fourth-order valence-electron chi connectivity index (χ4n) is 2.98. The third kappa shape index (κ3) is 1.78. The molecule has 3 atom stereocenters. The number of hydrogen-bond acceptors (Lipinski definition) is 3. The van der Waals surface area contributed by atoms with Crippen LogP contribution in [0.4, 0.5) is 0 Å². The van der Waals surface area contributed by atoms with Crippen LogP contribution in [0.1, 0.15) is 32.1 Å². The number of esters is 1. The van der Waals surface area contributed by atoms with Gasteiger partial charge in [-0.3, -0.25) is 4.79 Å². The summed E-state index contributed by atoms with van der Waals surface area (Å²) < 4.78 is 4.87. The van der Waals surface area contributed by atoms with Crippen molar-refractivity contribution in [3.8, 4) is 0 Å². The van der Waals surface area contributed by atoms with E-state index in [1.165, 1.54) is 32.8 Å². The van der Waals surface area contributed by atoms with E-state index in [0.717, 1.165) is 13.0 Å². The van der Waals surface area contributed by atoms with Crippen molar-refractivity contribution in [2.45, 2.75) is 38.1 Å². The van der Waals surface area contributed by atoms with E-state index < -0.39 is 0 Å². The molecule has 14 heavy (non-hydrogen) atoms. The van der Waals surface area contributed by atoms with Crippen molar-refractivity contribution in [3.63, 3.8) is 0 Å². The second kappa shape index (κ2) is 4.30. The highest BCUT2D eigenvalue weighted by Gasteiger charge is 2.38. The number of fused-ring (bicyclic) bond motifs is 1. The summed E-state index contributed by atoms with van der Waals surface area (Å²) >= 11 is 0. The van der Waals surface area contributed by atoms with Gasteiger partial charge in [-0.25, -0.2) is 0 Å². The molecule has 1 aliphatic heterocycles. The van der Waals surface area contributed by atoms with Gasteiger partial charge in [-0.05, 0) is 31.7 Å². The maximum atomic E-state index is 11.6. The third-order valence-electron chi connectivity index (χ3n) is 3.70. The van der Waals surface area contributed by atoms with Crippen LogP contribution in [0.2, 0.25) is 0 Å². The first kappa shape index (κ1) is 9.97. The molecule has 2 aliphatic rings. The van der Waals surface area contributed by atoms with Crippen LogP contribution >= 0.6 is 0 Å². The molecule has 0 spiro atoms. The quantitative estimate of drug-likeness (QED) is 0.644. The molecule has 2 rings (SSSR count). The Bertz CT molecular complexity index is 215. The summed E-state index contributed by atoms with van der Waals surface area (Å²) in [5.74, 6) is 0.694. The lowest BCUT2D eigenvalue weighted by atomic mass is 9.73. The van der Waals surface area contributed by atoms with Crippen molar-refractivity contribution < 1.29 is 9.53 Å². The molecular formula is C11H19NO2. The molecule has 1 saturated heterocycles. The molecule has 3 nitrogen and oxygen atoms in total. The average Bonchev–Trinajstić information content (AvgIpc) is 2.27. The normalized spacial score (nSPS) is 37.4. The monoisotopic (exact) mass is 197 g/mol. The van der Waals surface area contributed by atoms with Crippen LogP contribution in [0.5, 0.6) is 0 Å². The van der Waals surface area contributed by atoms with Crippen LogP contribution in [0.25, 0.3) is 0 Å². The van der Waals surface area contributed by atoms with E-state index >= 15 is 0 Å². The minimum Gasteiger partial charge on any atom is -0.469 e. The molecule has 0 radical (unpaired) electrons. The van der Waals surface area contributed by atoms with E-state index in [9.17, 15) is 4.79 Å². The van der Waals surface area contributed by atoms with Gasteiger partial charge in [0.25, 0.3) is 0 Å². The van der Waals surface area contributed by atoms with E-state index in [0.29, 0.717) is 12.0 Å². The second-order valence-corrected chi connectivity index (χ2v) is 4.43. The summed E-state index contributed by atoms with van der Waals surface area (Å²) in [6.45, 7) is 0.973. The molecule has 1 saturated carbocycles. The molecule has 0 bridgehead atoms. The van der Waals surface area contributed by atoms with E-state index in [4.69, 9.17) is 4.74 Å². The molecule has 0 amide bonds. The number of nitrogens with one attached hydrogen (secondary N) is 1. The summed E-state index contributed by atoms with van der Waals surface area (Å²) in [7, 11) is 1.50. The Kier molecular flexibility index (Phi) is 3.06. The van der Waals surface area contributed by atoms with Crippen LogP contribution in [-0.4, -0.2) is 25.7 Å². The van der Waals surface area contributed by atoms with Gasteiger partial charge in [0.1, 0.15) is 0 Å². The van der Waals surface area contributed by atoms with E-state index in [2.05, 4.69) is 5.32 Å². The zero-order chi connectivity index (χ0) is 9.97. The molecule has 0 aromatic rings. The molecule has 2 fully saturated rings. The summed E-state index contributed by atoms with van der Waals surface area (Å²) in [6, 6.07) is 0.571. The molecule has 80 valence electrons. The number of ether oxygens (including phenoxy) is 1. The molecular weight excluding hydrogens is 178 g/mol. The first-order valence-corrected chi connectivity index (χ1v) is 5.64. The van der Waals surface area contributed by atoms with Crippen molar-refractivity contribution in [2.75, 3.05) is 13.7 Å². The number of carbonyl (C=O) groups excluding carboxylic acids is 1. The Hall–Kier alpha value is -0.570. The van der Waals surface area contributed by atoms with Crippen LogP contribution in [-0.2, 0) is 9.53 Å². The lowest BCUT2D eigenvalue weighted by molar-refractivity contribution is -0.149. The van der Waals surface area contributed by atoms with Crippen LogP contribution in [0.3, 0.4) is 0 Å². The summed E-state index contributed by atoms with van der Waals surface area (Å²) in [5.41, 5.74) is 0. The van der Waals surface area contributed by atoms with E-state index in [1.807, 2.05) is 0 Å². The molecule has 1 heterocycles. The van der Waals surface area contributed by atoms with Crippen molar-refractivity contribution in [1.82, 2.24) is 5.32 Å². The van der Waals surface area contributed by atoms with Crippen molar-refractivity contribution in [2.24, 2.45) is 11.8 Å². The van der Waals surface area contributed by atoms with Crippen LogP contribution in [0.15, 0.2) is 0 Å². The van der Waals surface area contributed by atoms with Gasteiger partial charge in [-0.1, -0.05) is 12.8 Å². The van der Waals surface area contributed by atoms with Crippen LogP contribution in [0, 0.1) is 11.8 Å². The lowest BCUT2D eigenvalue weighted by Crippen LogP contribution is -2.49. The molecule has 1 aliphatic carbocycles. The van der Waals surface area contributed by atoms with E-state index in [-0.39, 0.29) is 11.9 Å². The highest BCUT2D eigenvalue weighted by atomic mass is 16.5. The molecule has 0 unspecified atom stereocenters. The van der Waals surface area contributed by atoms with Gasteiger partial charge in [-0.2, -0.15) is 0 Å². The van der Waals surface area contributed by atoms with Gasteiger partial charge in [0.05, 0.1) is 13.0 Å². The molecule has 3 heteroatoms. The first-order valence-electron chi connectivity index (χ1n) is 5.64. The van der Waals surface area contributed by atoms with Crippen LogP contribution < -0.4 is 5.32 Å². The average molecular weight is 197 g/mol. The predicted octanol–water partition coefficient (Wildman–Crippen LogP) is 1.33. The Morgan fingerprint density at radius 2 is 2.07 bits per heavy atom. The smallest absolute Gasteiger partial charge is 0.309 e. The predicted molar refractivity (Wildman–Crippen MR) is 53.9 cm³/mol. The van der Waals surface area contributed by atoms with Crippen molar-refractivity contribution >= 4 is 5.97 Å². The highest BCUT2D eigenvalue weighted by molar-refractivity contribution is 5.73. The number of hydrogen-bond donors (Lipinski definition) is 1. The van der Waals surface area contributed by atoms with Gasteiger partial charge in [0.2, 0.25) is 0 Å². The molecule has 0 aromatic carbocycles. The van der Waals surface area contributed by atoms with Crippen molar-refractivity contribution in [3.05, 3.63) is 0 Å². The maximum Gasteiger partial charge on any atom is 0.309 e. The van der Waals surface area contributed by atoms with E-state index in [1.54, 1.807) is 0 Å². The first-order chi connectivity index (χ1) is 6.83. The third-order valence-corrected chi connectivity index (χ3v) is 3.70. The van der Waals surface area contributed by atoms with Gasteiger partial charge in [-0.15, -0.1) is 0 Å². The van der Waals surface area contributed by atoms with Gasteiger partial charge in [0, 0.05) is 6.04 Å². The Morgan fingerprint density at radius 3 is 2.86 bits per heavy atom. The molecule has 1 N–H and O–H groups in total. The number of rotatable bonds is 1. The SMILES string of the molecule is COC(=O)[C@H]1CCN[C@@H]2CCCC[C@H]12. The fourth-order valence-corrected chi connectivity index (χ4v) is 2.98. The fraction of sp³-hybridized carbons (Fsp3) is 0.909. The highest BCUT2D eigenvalue weighted by Crippen LogP contribution is 2.35. The Labute approximate surface area is 85.2 Å². The van der Waals surface area contributed by atoms with Crippen molar-refractivity contribution in [1.29, 1.82) is 0 Å². The second-order valence-electron chi connectivity index (χ2n) is 4.43. The topological polar surface area (TPSA) is 38.3 Å². The Balaban J connectivity index is 2.04. The number of methoxy groups -OCH3 is 1. The minimum absolute atomic E-state index is 0.00315. The summed E-state index contributed by atoms with van der Waals surface area (Å²) in [5, 5.41) is 3.52. The Morgan fingerprint density at radius 1 is 1.29 bits per heavy atom.